The van der Waals surface area contributed by atoms with Crippen molar-refractivity contribution in [2.75, 3.05) is 26.7 Å². The molecule has 3 rings (SSSR count). The lowest BCUT2D eigenvalue weighted by Gasteiger charge is -2.30. The van der Waals surface area contributed by atoms with Crippen LogP contribution in [0.2, 0.25) is 5.02 Å². The van der Waals surface area contributed by atoms with E-state index in [1.807, 2.05) is 24.3 Å². The number of piperidine rings is 1. The second-order valence-electron chi connectivity index (χ2n) is 7.77. The molecule has 0 bridgehead atoms. The highest BCUT2D eigenvalue weighted by molar-refractivity contribution is 7.88. The Kier molecular flexibility index (Phi) is 8.35. The van der Waals surface area contributed by atoms with Crippen molar-refractivity contribution in [1.82, 2.24) is 9.62 Å². The second-order valence-corrected chi connectivity index (χ2v) is 10.2. The fraction of sp³-hybridized carbons (Fsp3) is 0.435. The number of carbonyl (C=O) groups excluding carboxylic acids is 1. The Morgan fingerprint density at radius 1 is 1.16 bits per heavy atom. The standard InChI is InChI=1S/C23H29ClN2O4S/c1-30-22-10-3-2-7-19(22)8-5-13-25-23(27)20-11-14-26(15-12-20)31(28,29)17-18-6-4-9-21(24)16-18/h2-4,6-7,9-10,16,20H,5,8,11-15,17H2,1H3,(H,25,27). The van der Waals surface area contributed by atoms with Gasteiger partial charge in [0, 0.05) is 30.6 Å². The molecule has 31 heavy (non-hydrogen) atoms. The molecule has 0 aliphatic carbocycles. The van der Waals surface area contributed by atoms with Gasteiger partial charge >= 0.3 is 0 Å². The Labute approximate surface area is 189 Å². The fourth-order valence-electron chi connectivity index (χ4n) is 3.87. The molecule has 1 aliphatic heterocycles. The van der Waals surface area contributed by atoms with Crippen molar-refractivity contribution in [2.24, 2.45) is 5.92 Å². The summed E-state index contributed by atoms with van der Waals surface area (Å²) in [6.45, 7) is 1.31. The van der Waals surface area contributed by atoms with Crippen molar-refractivity contribution >= 4 is 27.5 Å². The first kappa shape index (κ1) is 23.6. The summed E-state index contributed by atoms with van der Waals surface area (Å²) in [6, 6.07) is 14.8. The van der Waals surface area contributed by atoms with E-state index in [9.17, 15) is 13.2 Å². The summed E-state index contributed by atoms with van der Waals surface area (Å²) in [5.74, 6) is 0.642. The van der Waals surface area contributed by atoms with Crippen LogP contribution in [0.1, 0.15) is 30.4 Å². The summed E-state index contributed by atoms with van der Waals surface area (Å²) in [6.07, 6.45) is 2.71. The predicted octanol–water partition coefficient (Wildman–Crippen LogP) is 3.64. The number of nitrogens with one attached hydrogen (secondary N) is 1. The Hall–Kier alpha value is -2.09. The molecule has 8 heteroatoms. The molecule has 168 valence electrons. The van der Waals surface area contributed by atoms with E-state index in [0.717, 1.165) is 24.2 Å². The van der Waals surface area contributed by atoms with Gasteiger partial charge in [0.15, 0.2) is 0 Å². The van der Waals surface area contributed by atoms with Gasteiger partial charge in [-0.15, -0.1) is 0 Å². The fourth-order valence-corrected chi connectivity index (χ4v) is 5.63. The van der Waals surface area contributed by atoms with Crippen LogP contribution in [0, 0.1) is 5.92 Å². The maximum absolute atomic E-state index is 12.7. The third kappa shape index (κ3) is 6.69. The molecule has 0 atom stereocenters. The molecule has 1 amide bonds. The average molecular weight is 465 g/mol. The quantitative estimate of drug-likeness (QED) is 0.575. The lowest BCUT2D eigenvalue weighted by atomic mass is 9.97. The second kappa shape index (κ2) is 11.0. The summed E-state index contributed by atoms with van der Waals surface area (Å²) in [5, 5.41) is 3.52. The minimum atomic E-state index is -3.43. The van der Waals surface area contributed by atoms with Gasteiger partial charge in [-0.1, -0.05) is 41.9 Å². The maximum Gasteiger partial charge on any atom is 0.223 e. The predicted molar refractivity (Wildman–Crippen MR) is 123 cm³/mol. The normalized spacial score (nSPS) is 15.5. The number of halogens is 1. The summed E-state index contributed by atoms with van der Waals surface area (Å²) in [5.41, 5.74) is 1.79. The molecule has 1 N–H and O–H groups in total. The van der Waals surface area contributed by atoms with Crippen molar-refractivity contribution in [3.63, 3.8) is 0 Å². The number of hydrogen-bond donors (Lipinski definition) is 1. The highest BCUT2D eigenvalue weighted by Gasteiger charge is 2.31. The number of carbonyl (C=O) groups is 1. The van der Waals surface area contributed by atoms with Gasteiger partial charge in [-0.2, -0.15) is 0 Å². The van der Waals surface area contributed by atoms with Crippen LogP contribution in [0.3, 0.4) is 0 Å². The zero-order chi connectivity index (χ0) is 22.3. The molecule has 0 spiro atoms. The number of nitrogens with zero attached hydrogens (tertiary/aromatic N) is 1. The molecule has 2 aromatic rings. The van der Waals surface area contributed by atoms with Crippen LogP contribution in [0.4, 0.5) is 0 Å². The number of rotatable bonds is 9. The molecule has 0 unspecified atom stereocenters. The maximum atomic E-state index is 12.7. The van der Waals surface area contributed by atoms with E-state index in [4.69, 9.17) is 16.3 Å². The zero-order valence-electron chi connectivity index (χ0n) is 17.7. The Morgan fingerprint density at radius 2 is 1.90 bits per heavy atom. The van der Waals surface area contributed by atoms with E-state index < -0.39 is 10.0 Å². The molecule has 0 saturated carbocycles. The molecular formula is C23H29ClN2O4S. The average Bonchev–Trinajstić information content (AvgIpc) is 2.76. The first-order valence-electron chi connectivity index (χ1n) is 10.5. The van der Waals surface area contributed by atoms with Crippen molar-refractivity contribution in [3.8, 4) is 5.75 Å². The van der Waals surface area contributed by atoms with E-state index >= 15 is 0 Å². The largest absolute Gasteiger partial charge is 0.496 e. The van der Waals surface area contributed by atoms with E-state index in [1.165, 1.54) is 4.31 Å². The van der Waals surface area contributed by atoms with E-state index in [-0.39, 0.29) is 17.6 Å². The van der Waals surface area contributed by atoms with Gasteiger partial charge in [-0.25, -0.2) is 12.7 Å². The number of sulfonamides is 1. The molecule has 2 aromatic carbocycles. The van der Waals surface area contributed by atoms with Crippen LogP contribution in [0.25, 0.3) is 0 Å². The number of ether oxygens (including phenoxy) is 1. The van der Waals surface area contributed by atoms with Gasteiger partial charge in [-0.05, 0) is 55.0 Å². The summed E-state index contributed by atoms with van der Waals surface area (Å²) in [7, 11) is -1.77. The number of para-hydroxylation sites is 1. The summed E-state index contributed by atoms with van der Waals surface area (Å²) in [4.78, 5) is 12.5. The van der Waals surface area contributed by atoms with Crippen LogP contribution in [0.15, 0.2) is 48.5 Å². The molecule has 0 radical (unpaired) electrons. The van der Waals surface area contributed by atoms with Gasteiger partial charge in [-0.3, -0.25) is 4.79 Å². The van der Waals surface area contributed by atoms with Crippen LogP contribution >= 0.6 is 11.6 Å². The van der Waals surface area contributed by atoms with Crippen LogP contribution in [-0.4, -0.2) is 45.4 Å². The number of hydrogen-bond acceptors (Lipinski definition) is 4. The SMILES string of the molecule is COc1ccccc1CCCNC(=O)C1CCN(S(=O)(=O)Cc2cccc(Cl)c2)CC1. The van der Waals surface area contributed by atoms with Crippen molar-refractivity contribution in [3.05, 3.63) is 64.7 Å². The lowest BCUT2D eigenvalue weighted by molar-refractivity contribution is -0.126. The minimum Gasteiger partial charge on any atom is -0.496 e. The molecule has 1 aliphatic rings. The first-order chi connectivity index (χ1) is 14.9. The number of methoxy groups -OCH3 is 1. The molecule has 1 heterocycles. The monoisotopic (exact) mass is 464 g/mol. The Balaban J connectivity index is 1.42. The van der Waals surface area contributed by atoms with Crippen molar-refractivity contribution in [1.29, 1.82) is 0 Å². The molecule has 0 aromatic heterocycles. The number of amides is 1. The lowest BCUT2D eigenvalue weighted by Crippen LogP contribution is -2.43. The van der Waals surface area contributed by atoms with Gasteiger partial charge in [0.05, 0.1) is 12.9 Å². The van der Waals surface area contributed by atoms with Crippen LogP contribution < -0.4 is 10.1 Å². The van der Waals surface area contributed by atoms with Crippen LogP contribution in [0.5, 0.6) is 5.75 Å². The van der Waals surface area contributed by atoms with Gasteiger partial charge < -0.3 is 10.1 Å². The van der Waals surface area contributed by atoms with Crippen LogP contribution in [-0.2, 0) is 27.0 Å². The van der Waals surface area contributed by atoms with Crippen molar-refractivity contribution < 1.29 is 17.9 Å². The highest BCUT2D eigenvalue weighted by atomic mass is 35.5. The van der Waals surface area contributed by atoms with Gasteiger partial charge in [0.1, 0.15) is 5.75 Å². The smallest absolute Gasteiger partial charge is 0.223 e. The van der Waals surface area contributed by atoms with E-state index in [0.29, 0.717) is 43.1 Å². The van der Waals surface area contributed by atoms with Crippen molar-refractivity contribution in [2.45, 2.75) is 31.4 Å². The molecule has 6 nitrogen and oxygen atoms in total. The van der Waals surface area contributed by atoms with E-state index in [1.54, 1.807) is 31.4 Å². The van der Waals surface area contributed by atoms with E-state index in [2.05, 4.69) is 5.32 Å². The van der Waals surface area contributed by atoms with Gasteiger partial charge in [0.25, 0.3) is 0 Å². The molecular weight excluding hydrogens is 436 g/mol. The number of aryl methyl sites for hydroxylation is 1. The number of benzene rings is 2. The summed E-state index contributed by atoms with van der Waals surface area (Å²) < 4.78 is 32.3. The first-order valence-corrected chi connectivity index (χ1v) is 12.5. The third-order valence-corrected chi connectivity index (χ3v) is 7.66. The minimum absolute atomic E-state index is 0.00640. The Bertz CT molecular complexity index is 989. The van der Waals surface area contributed by atoms with Gasteiger partial charge in [0.2, 0.25) is 15.9 Å². The third-order valence-electron chi connectivity index (χ3n) is 5.57. The highest BCUT2D eigenvalue weighted by Crippen LogP contribution is 2.23. The zero-order valence-corrected chi connectivity index (χ0v) is 19.3. The Morgan fingerprint density at radius 3 is 2.61 bits per heavy atom. The molecule has 1 fully saturated rings. The topological polar surface area (TPSA) is 75.7 Å². The summed E-state index contributed by atoms with van der Waals surface area (Å²) >= 11 is 5.96. The molecule has 1 saturated heterocycles.